The van der Waals surface area contributed by atoms with Crippen LogP contribution in [0.4, 0.5) is 4.79 Å². The first-order chi connectivity index (χ1) is 21.8. The molecule has 0 aliphatic carbocycles. The van der Waals surface area contributed by atoms with Crippen molar-refractivity contribution < 1.29 is 52.2 Å². The summed E-state index contributed by atoms with van der Waals surface area (Å²) in [5, 5.41) is 2.64. The number of ether oxygens (including phenoxy) is 10. The van der Waals surface area contributed by atoms with Crippen molar-refractivity contribution in [2.45, 2.75) is 6.61 Å². The van der Waals surface area contributed by atoms with Gasteiger partial charge in [0.25, 0.3) is 0 Å². The molecule has 0 saturated heterocycles. The molecule has 0 radical (unpaired) electrons. The van der Waals surface area contributed by atoms with Gasteiger partial charge >= 0.3 is 6.09 Å². The summed E-state index contributed by atoms with van der Waals surface area (Å²) in [7, 11) is 0. The second kappa shape index (κ2) is 28.9. The summed E-state index contributed by atoms with van der Waals surface area (Å²) in [4.78, 5) is 11.6. The lowest BCUT2D eigenvalue weighted by molar-refractivity contribution is -0.0235. The van der Waals surface area contributed by atoms with Gasteiger partial charge in [0.05, 0.1) is 106 Å². The van der Waals surface area contributed by atoms with Crippen LogP contribution in [0.1, 0.15) is 5.56 Å². The average Bonchev–Trinajstić information content (AvgIpc) is 3.06. The van der Waals surface area contributed by atoms with Crippen molar-refractivity contribution in [1.29, 1.82) is 0 Å². The summed E-state index contributed by atoms with van der Waals surface area (Å²) in [6.07, 6.45) is -0.467. The van der Waals surface area contributed by atoms with E-state index in [9.17, 15) is 4.79 Å². The fraction of sp³-hybridized carbons (Fsp3) is 0.594. The number of alkyl carbamates (subject to hydrolysis) is 1. The molecule has 248 valence electrons. The Morgan fingerprint density at radius 1 is 0.455 bits per heavy atom. The van der Waals surface area contributed by atoms with Crippen LogP contribution in [0.25, 0.3) is 0 Å². The molecule has 2 aromatic rings. The van der Waals surface area contributed by atoms with Crippen LogP contribution in [0.15, 0.2) is 60.7 Å². The Morgan fingerprint density at radius 3 is 1.25 bits per heavy atom. The van der Waals surface area contributed by atoms with Crippen molar-refractivity contribution >= 4 is 6.09 Å². The number of hydrogen-bond acceptors (Lipinski definition) is 11. The maximum absolute atomic E-state index is 11.6. The molecule has 1 amide bonds. The zero-order valence-electron chi connectivity index (χ0n) is 25.7. The minimum atomic E-state index is -0.467. The van der Waals surface area contributed by atoms with Gasteiger partial charge in [-0.3, -0.25) is 0 Å². The van der Waals surface area contributed by atoms with Crippen LogP contribution >= 0.6 is 0 Å². The molecule has 0 heterocycles. The van der Waals surface area contributed by atoms with Crippen LogP contribution in [0.5, 0.6) is 5.75 Å². The van der Waals surface area contributed by atoms with E-state index in [-0.39, 0.29) is 6.61 Å². The predicted molar refractivity (Wildman–Crippen MR) is 163 cm³/mol. The standard InChI is InChI=1S/C32H49NO11/c34-32(44-29-30-7-3-1-4-8-30)33-11-12-35-13-14-36-15-16-37-17-18-38-19-20-39-21-22-40-23-24-41-25-26-42-27-28-43-31-9-5-2-6-10-31/h1-10H,11-29H2,(H,33,34). The van der Waals surface area contributed by atoms with Gasteiger partial charge in [-0.05, 0) is 17.7 Å². The first kappa shape index (κ1) is 37.4. The van der Waals surface area contributed by atoms with Crippen molar-refractivity contribution in [3.05, 3.63) is 66.2 Å². The number of benzene rings is 2. The number of para-hydroxylation sites is 1. The van der Waals surface area contributed by atoms with E-state index in [1.807, 2.05) is 60.7 Å². The number of nitrogens with one attached hydrogen (secondary N) is 1. The number of hydrogen-bond donors (Lipinski definition) is 1. The molecule has 44 heavy (non-hydrogen) atoms. The molecule has 12 heteroatoms. The predicted octanol–water partition coefficient (Wildman–Crippen LogP) is 3.12. The van der Waals surface area contributed by atoms with Crippen LogP contribution < -0.4 is 10.1 Å². The quantitative estimate of drug-likeness (QED) is 0.129. The van der Waals surface area contributed by atoms with Crippen molar-refractivity contribution in [2.24, 2.45) is 0 Å². The van der Waals surface area contributed by atoms with Gasteiger partial charge in [0.2, 0.25) is 0 Å². The van der Waals surface area contributed by atoms with Gasteiger partial charge in [0, 0.05) is 6.54 Å². The summed E-state index contributed by atoms with van der Waals surface area (Å²) < 4.78 is 54.3. The molecule has 2 rings (SSSR count). The van der Waals surface area contributed by atoms with Crippen LogP contribution in [-0.2, 0) is 49.2 Å². The largest absolute Gasteiger partial charge is 0.491 e. The van der Waals surface area contributed by atoms with Crippen LogP contribution in [-0.4, -0.2) is 125 Å². The molecular formula is C32H49NO11. The highest BCUT2D eigenvalue weighted by Gasteiger charge is 2.02. The van der Waals surface area contributed by atoms with Crippen LogP contribution in [0, 0.1) is 0 Å². The summed E-state index contributed by atoms with van der Waals surface area (Å²) in [6.45, 7) is 8.91. The molecule has 0 saturated carbocycles. The highest BCUT2D eigenvalue weighted by atomic mass is 16.6. The van der Waals surface area contributed by atoms with E-state index in [2.05, 4.69) is 5.32 Å². The molecule has 0 bridgehead atoms. The van der Waals surface area contributed by atoms with Crippen LogP contribution in [0.2, 0.25) is 0 Å². The third-order valence-electron chi connectivity index (χ3n) is 5.57. The van der Waals surface area contributed by atoms with Gasteiger partial charge in [-0.15, -0.1) is 0 Å². The molecule has 0 spiro atoms. The highest BCUT2D eigenvalue weighted by Crippen LogP contribution is 2.07. The normalized spacial score (nSPS) is 11.0. The summed E-state index contributed by atoms with van der Waals surface area (Å²) in [5.41, 5.74) is 0.939. The van der Waals surface area contributed by atoms with E-state index in [1.165, 1.54) is 0 Å². The van der Waals surface area contributed by atoms with E-state index in [4.69, 9.17) is 47.4 Å². The van der Waals surface area contributed by atoms with E-state index in [1.54, 1.807) is 0 Å². The Balaban J connectivity index is 1.16. The number of rotatable bonds is 30. The molecule has 0 unspecified atom stereocenters. The molecule has 0 aliphatic heterocycles. The third kappa shape index (κ3) is 23.6. The zero-order chi connectivity index (χ0) is 31.0. The van der Waals surface area contributed by atoms with Gasteiger partial charge in [-0.25, -0.2) is 4.79 Å². The lowest BCUT2D eigenvalue weighted by Gasteiger charge is -2.09. The zero-order valence-corrected chi connectivity index (χ0v) is 25.7. The molecule has 12 nitrogen and oxygen atoms in total. The van der Waals surface area contributed by atoms with Crippen LogP contribution in [0.3, 0.4) is 0 Å². The first-order valence-electron chi connectivity index (χ1n) is 15.1. The highest BCUT2D eigenvalue weighted by molar-refractivity contribution is 5.67. The fourth-order valence-corrected chi connectivity index (χ4v) is 3.38. The van der Waals surface area contributed by atoms with Gasteiger partial charge in [-0.1, -0.05) is 48.5 Å². The van der Waals surface area contributed by atoms with Gasteiger partial charge < -0.3 is 52.7 Å². The van der Waals surface area contributed by atoms with Crippen molar-refractivity contribution in [3.8, 4) is 5.75 Å². The maximum atomic E-state index is 11.6. The molecule has 0 atom stereocenters. The number of carbonyl (C=O) groups excluding carboxylic acids is 1. The molecule has 0 aromatic heterocycles. The maximum Gasteiger partial charge on any atom is 0.407 e. The van der Waals surface area contributed by atoms with Gasteiger partial charge in [-0.2, -0.15) is 0 Å². The van der Waals surface area contributed by atoms with E-state index < -0.39 is 6.09 Å². The lowest BCUT2D eigenvalue weighted by atomic mass is 10.2. The Morgan fingerprint density at radius 2 is 0.818 bits per heavy atom. The second-order valence-corrected chi connectivity index (χ2v) is 9.05. The number of carbonyl (C=O) groups is 1. The minimum Gasteiger partial charge on any atom is -0.491 e. The third-order valence-corrected chi connectivity index (χ3v) is 5.57. The Kier molecular flexibility index (Phi) is 24.6. The smallest absolute Gasteiger partial charge is 0.407 e. The van der Waals surface area contributed by atoms with Gasteiger partial charge in [0.1, 0.15) is 19.0 Å². The second-order valence-electron chi connectivity index (χ2n) is 9.05. The summed E-state index contributed by atoms with van der Waals surface area (Å²) >= 11 is 0. The summed E-state index contributed by atoms with van der Waals surface area (Å²) in [5.74, 6) is 0.840. The number of amides is 1. The van der Waals surface area contributed by atoms with E-state index >= 15 is 0 Å². The van der Waals surface area contributed by atoms with Crippen molar-refractivity contribution in [1.82, 2.24) is 5.32 Å². The first-order valence-corrected chi connectivity index (χ1v) is 15.1. The molecule has 2 aromatic carbocycles. The summed E-state index contributed by atoms with van der Waals surface area (Å²) in [6, 6.07) is 19.2. The lowest BCUT2D eigenvalue weighted by Crippen LogP contribution is -2.28. The minimum absolute atomic E-state index is 0.240. The Hall–Kier alpha value is -2.81. The average molecular weight is 624 g/mol. The molecule has 1 N–H and O–H groups in total. The van der Waals surface area contributed by atoms with Crippen molar-refractivity contribution in [2.75, 3.05) is 119 Å². The molecule has 0 fully saturated rings. The molecular weight excluding hydrogens is 574 g/mol. The van der Waals surface area contributed by atoms with Crippen molar-refractivity contribution in [3.63, 3.8) is 0 Å². The van der Waals surface area contributed by atoms with E-state index in [0.717, 1.165) is 11.3 Å². The Labute approximate surface area is 261 Å². The van der Waals surface area contributed by atoms with Gasteiger partial charge in [0.15, 0.2) is 0 Å². The SMILES string of the molecule is O=C(NCCOCCOCCOCCOCCOCCOCCOCCOCCOc1ccccc1)OCc1ccccc1. The topological polar surface area (TPSA) is 121 Å². The van der Waals surface area contributed by atoms with E-state index in [0.29, 0.717) is 119 Å². The monoisotopic (exact) mass is 623 g/mol. The fourth-order valence-electron chi connectivity index (χ4n) is 3.38. The molecule has 0 aliphatic rings. The Bertz CT molecular complexity index is 892.